The van der Waals surface area contributed by atoms with Crippen molar-refractivity contribution in [2.24, 2.45) is 0 Å². The molecule has 1 aliphatic rings. The number of amides is 1. The van der Waals surface area contributed by atoms with Crippen molar-refractivity contribution in [3.05, 3.63) is 72.3 Å². The van der Waals surface area contributed by atoms with Crippen LogP contribution in [-0.2, 0) is 4.79 Å². The average molecular weight is 415 g/mol. The molecule has 2 aromatic carbocycles. The summed E-state index contributed by atoms with van der Waals surface area (Å²) in [4.78, 5) is 19.2. The van der Waals surface area contributed by atoms with Gasteiger partial charge in [0.25, 0.3) is 0 Å². The van der Waals surface area contributed by atoms with Gasteiger partial charge in [0.15, 0.2) is 0 Å². The van der Waals surface area contributed by atoms with Crippen molar-refractivity contribution in [1.29, 1.82) is 0 Å². The molecule has 1 aliphatic carbocycles. The van der Waals surface area contributed by atoms with Crippen molar-refractivity contribution in [2.75, 3.05) is 24.3 Å². The second kappa shape index (κ2) is 9.65. The summed E-state index contributed by atoms with van der Waals surface area (Å²) >= 11 is 0. The number of benzene rings is 2. The van der Waals surface area contributed by atoms with Gasteiger partial charge in [0, 0.05) is 49.4 Å². The van der Waals surface area contributed by atoms with Crippen LogP contribution in [0.4, 0.5) is 11.5 Å². The number of carbonyl (C=O) groups excluding carboxylic acids is 1. The van der Waals surface area contributed by atoms with Crippen molar-refractivity contribution in [3.63, 3.8) is 0 Å². The third-order valence-corrected chi connectivity index (χ3v) is 5.83. The third-order valence-electron chi connectivity index (χ3n) is 5.83. The van der Waals surface area contributed by atoms with Crippen LogP contribution < -0.4 is 15.5 Å². The monoisotopic (exact) mass is 414 g/mol. The molecule has 5 heteroatoms. The highest BCUT2D eigenvalue weighted by atomic mass is 16.1. The Morgan fingerprint density at radius 3 is 2.39 bits per heavy atom. The van der Waals surface area contributed by atoms with Crippen molar-refractivity contribution >= 4 is 34.4 Å². The summed E-state index contributed by atoms with van der Waals surface area (Å²) in [6.45, 7) is 0. The number of aromatic nitrogens is 1. The third kappa shape index (κ3) is 5.43. The molecule has 1 saturated carbocycles. The molecule has 3 aromatic rings. The summed E-state index contributed by atoms with van der Waals surface area (Å²) in [6.07, 6.45) is 7.45. The maximum Gasteiger partial charge on any atom is 0.244 e. The van der Waals surface area contributed by atoms with E-state index in [-0.39, 0.29) is 11.9 Å². The van der Waals surface area contributed by atoms with Crippen molar-refractivity contribution in [2.45, 2.75) is 37.8 Å². The van der Waals surface area contributed by atoms with E-state index in [1.807, 2.05) is 42.5 Å². The molecule has 160 valence electrons. The van der Waals surface area contributed by atoms with E-state index in [1.54, 1.807) is 6.08 Å². The highest BCUT2D eigenvalue weighted by Crippen LogP contribution is 2.29. The van der Waals surface area contributed by atoms with Gasteiger partial charge in [-0.05, 0) is 43.4 Å². The number of rotatable bonds is 6. The number of nitrogens with zero attached hydrogens (tertiary/aromatic N) is 2. The number of pyridine rings is 1. The minimum absolute atomic E-state index is 0.0212. The Morgan fingerprint density at radius 2 is 1.65 bits per heavy atom. The number of nitrogens with one attached hydrogen (secondary N) is 2. The molecule has 0 bridgehead atoms. The molecule has 31 heavy (non-hydrogen) atoms. The zero-order valence-corrected chi connectivity index (χ0v) is 18.2. The number of hydrogen-bond acceptors (Lipinski definition) is 4. The van der Waals surface area contributed by atoms with Gasteiger partial charge in [-0.3, -0.25) is 4.79 Å². The predicted molar refractivity (Wildman–Crippen MR) is 129 cm³/mol. The second-order valence-corrected chi connectivity index (χ2v) is 8.38. The van der Waals surface area contributed by atoms with E-state index < -0.39 is 0 Å². The quantitative estimate of drug-likeness (QED) is 0.566. The molecule has 2 N–H and O–H groups in total. The van der Waals surface area contributed by atoms with Gasteiger partial charge in [-0.15, -0.1) is 0 Å². The minimum atomic E-state index is -0.0212. The van der Waals surface area contributed by atoms with Crippen LogP contribution in [0.25, 0.3) is 17.0 Å². The number of fused-ring (bicyclic) bond motifs is 1. The minimum Gasteiger partial charge on any atom is -0.377 e. The normalized spacial score (nSPS) is 18.8. The van der Waals surface area contributed by atoms with Gasteiger partial charge < -0.3 is 15.5 Å². The Hall–Kier alpha value is -3.34. The van der Waals surface area contributed by atoms with Crippen LogP contribution in [0, 0.1) is 0 Å². The number of para-hydroxylation sites is 1. The van der Waals surface area contributed by atoms with E-state index in [0.29, 0.717) is 6.04 Å². The molecule has 0 saturated heterocycles. The SMILES string of the molecule is CN(C)c1cc(NC2CCC(NC(=O)C=Cc3ccccc3)CC2)nc2ccccc12. The molecule has 1 aromatic heterocycles. The molecule has 0 unspecified atom stereocenters. The fourth-order valence-electron chi connectivity index (χ4n) is 4.18. The van der Waals surface area contributed by atoms with Crippen LogP contribution in [0.15, 0.2) is 66.7 Å². The maximum absolute atomic E-state index is 12.3. The van der Waals surface area contributed by atoms with E-state index in [0.717, 1.165) is 48.0 Å². The molecule has 0 spiro atoms. The van der Waals surface area contributed by atoms with Crippen LogP contribution in [0.1, 0.15) is 31.2 Å². The topological polar surface area (TPSA) is 57.3 Å². The first kappa shape index (κ1) is 20.9. The molecular formula is C26H30N4O. The lowest BCUT2D eigenvalue weighted by Crippen LogP contribution is -2.39. The summed E-state index contributed by atoms with van der Waals surface area (Å²) in [6, 6.07) is 20.9. The van der Waals surface area contributed by atoms with E-state index in [2.05, 4.69) is 53.9 Å². The van der Waals surface area contributed by atoms with E-state index in [4.69, 9.17) is 4.98 Å². The Balaban J connectivity index is 1.32. The number of hydrogen-bond donors (Lipinski definition) is 2. The molecule has 1 heterocycles. The second-order valence-electron chi connectivity index (χ2n) is 8.38. The molecule has 0 aliphatic heterocycles. The van der Waals surface area contributed by atoms with Crippen LogP contribution >= 0.6 is 0 Å². The molecule has 0 atom stereocenters. The lowest BCUT2D eigenvalue weighted by atomic mass is 9.91. The lowest BCUT2D eigenvalue weighted by molar-refractivity contribution is -0.117. The van der Waals surface area contributed by atoms with Gasteiger partial charge in [-0.2, -0.15) is 0 Å². The lowest BCUT2D eigenvalue weighted by Gasteiger charge is -2.30. The molecule has 1 fully saturated rings. The molecule has 4 rings (SSSR count). The smallest absolute Gasteiger partial charge is 0.244 e. The maximum atomic E-state index is 12.3. The first-order valence-corrected chi connectivity index (χ1v) is 11.0. The fourth-order valence-corrected chi connectivity index (χ4v) is 4.18. The Kier molecular flexibility index (Phi) is 6.51. The highest BCUT2D eigenvalue weighted by Gasteiger charge is 2.22. The van der Waals surface area contributed by atoms with E-state index in [9.17, 15) is 4.79 Å². The summed E-state index contributed by atoms with van der Waals surface area (Å²) in [5.41, 5.74) is 3.20. The van der Waals surface area contributed by atoms with Gasteiger partial charge in [-0.1, -0.05) is 48.5 Å². The fraction of sp³-hybridized carbons (Fsp3) is 0.308. The van der Waals surface area contributed by atoms with Crippen LogP contribution in [0.3, 0.4) is 0 Å². The van der Waals surface area contributed by atoms with Crippen LogP contribution in [0.2, 0.25) is 0 Å². The zero-order valence-electron chi connectivity index (χ0n) is 18.2. The highest BCUT2D eigenvalue weighted by molar-refractivity contribution is 5.93. The van der Waals surface area contributed by atoms with Gasteiger partial charge in [0.1, 0.15) is 5.82 Å². The zero-order chi connectivity index (χ0) is 21.6. The Bertz CT molecular complexity index is 1050. The van der Waals surface area contributed by atoms with Crippen LogP contribution in [0.5, 0.6) is 0 Å². The number of anilines is 2. The summed E-state index contributed by atoms with van der Waals surface area (Å²) in [7, 11) is 4.12. The van der Waals surface area contributed by atoms with Gasteiger partial charge in [0.2, 0.25) is 5.91 Å². The Labute approximate surface area is 184 Å². The first-order chi connectivity index (χ1) is 15.1. The Morgan fingerprint density at radius 1 is 0.968 bits per heavy atom. The average Bonchev–Trinajstić information content (AvgIpc) is 2.79. The largest absolute Gasteiger partial charge is 0.377 e. The number of carbonyl (C=O) groups is 1. The van der Waals surface area contributed by atoms with E-state index in [1.165, 1.54) is 5.69 Å². The van der Waals surface area contributed by atoms with E-state index >= 15 is 0 Å². The summed E-state index contributed by atoms with van der Waals surface area (Å²) < 4.78 is 0. The van der Waals surface area contributed by atoms with Gasteiger partial charge in [0.05, 0.1) is 5.52 Å². The summed E-state index contributed by atoms with van der Waals surface area (Å²) in [5, 5.41) is 7.93. The molecule has 5 nitrogen and oxygen atoms in total. The van der Waals surface area contributed by atoms with Crippen molar-refractivity contribution in [1.82, 2.24) is 10.3 Å². The van der Waals surface area contributed by atoms with Crippen molar-refractivity contribution in [3.8, 4) is 0 Å². The summed E-state index contributed by atoms with van der Waals surface area (Å²) in [5.74, 6) is 0.896. The first-order valence-electron chi connectivity index (χ1n) is 11.0. The van der Waals surface area contributed by atoms with Gasteiger partial charge in [-0.25, -0.2) is 4.98 Å². The van der Waals surface area contributed by atoms with Gasteiger partial charge >= 0.3 is 0 Å². The van der Waals surface area contributed by atoms with Crippen LogP contribution in [-0.4, -0.2) is 37.1 Å². The standard InChI is InChI=1S/C26H30N4O/c1-30(2)24-18-25(29-23-11-7-6-10-22(23)24)27-20-13-15-21(16-14-20)28-26(31)17-12-19-8-4-3-5-9-19/h3-12,17-18,20-21H,13-16H2,1-2H3,(H,27,29)(H,28,31). The predicted octanol–water partition coefficient (Wildman–Crippen LogP) is 4.85. The molecular weight excluding hydrogens is 384 g/mol. The molecule has 0 radical (unpaired) electrons. The molecule has 1 amide bonds. The van der Waals surface area contributed by atoms with Crippen molar-refractivity contribution < 1.29 is 4.79 Å².